The van der Waals surface area contributed by atoms with Crippen molar-refractivity contribution in [3.8, 4) is 0 Å². The molecule has 0 aliphatic heterocycles. The van der Waals surface area contributed by atoms with Gasteiger partial charge in [0, 0.05) is 24.8 Å². The van der Waals surface area contributed by atoms with Crippen molar-refractivity contribution in [2.24, 2.45) is 5.73 Å². The topological polar surface area (TPSA) is 43.8 Å². The maximum Gasteiger partial charge on any atom is 0.0534 e. The van der Waals surface area contributed by atoms with E-state index in [0.717, 1.165) is 18.5 Å². The summed E-state index contributed by atoms with van der Waals surface area (Å²) in [6.45, 7) is 7.31. The van der Waals surface area contributed by atoms with E-state index in [9.17, 15) is 0 Å². The number of nitrogens with two attached hydrogens (primary N) is 1. The summed E-state index contributed by atoms with van der Waals surface area (Å²) in [6, 6.07) is 0. The van der Waals surface area contributed by atoms with E-state index in [4.69, 9.17) is 5.73 Å². The molecule has 0 atom stereocenters. The summed E-state index contributed by atoms with van der Waals surface area (Å²) in [7, 11) is 0. The van der Waals surface area contributed by atoms with Crippen molar-refractivity contribution in [2.75, 3.05) is 0 Å². The molecular formula is C9H15N3. The van der Waals surface area contributed by atoms with Crippen LogP contribution in [-0.4, -0.2) is 9.78 Å². The molecule has 1 aromatic rings. The molecule has 3 nitrogen and oxygen atoms in total. The quantitative estimate of drug-likeness (QED) is 0.683. The molecule has 1 heterocycles. The predicted octanol–water partition coefficient (Wildman–Crippen LogP) is 1.31. The average molecular weight is 165 g/mol. The number of nitrogens with zero attached hydrogens (tertiary/aromatic N) is 2. The van der Waals surface area contributed by atoms with E-state index in [-0.39, 0.29) is 0 Å². The average Bonchev–Trinajstić information content (AvgIpc) is 2.48. The van der Waals surface area contributed by atoms with Gasteiger partial charge in [-0.2, -0.15) is 5.10 Å². The largest absolute Gasteiger partial charge is 0.326 e. The van der Waals surface area contributed by atoms with Gasteiger partial charge in [-0.3, -0.25) is 4.68 Å². The third-order valence-corrected chi connectivity index (χ3v) is 1.69. The molecule has 0 fully saturated rings. The number of rotatable bonds is 4. The van der Waals surface area contributed by atoms with Crippen LogP contribution >= 0.6 is 0 Å². The third-order valence-electron chi connectivity index (χ3n) is 1.69. The first kappa shape index (κ1) is 9.00. The molecule has 0 aliphatic carbocycles. The zero-order valence-electron chi connectivity index (χ0n) is 7.45. The SMILES string of the molecule is C=C(C)CCn1cc(CN)cn1. The molecule has 0 amide bonds. The Labute approximate surface area is 72.9 Å². The second-order valence-electron chi connectivity index (χ2n) is 3.02. The number of aromatic nitrogens is 2. The molecule has 1 rings (SSSR count). The fraction of sp³-hybridized carbons (Fsp3) is 0.444. The fourth-order valence-corrected chi connectivity index (χ4v) is 0.939. The highest BCUT2D eigenvalue weighted by Crippen LogP contribution is 2.01. The standard InChI is InChI=1S/C9H15N3/c1-8(2)3-4-12-7-9(5-10)6-11-12/h6-7H,1,3-5,10H2,2H3. The normalized spacial score (nSPS) is 10.2. The number of allylic oxidation sites excluding steroid dienone is 1. The van der Waals surface area contributed by atoms with E-state index >= 15 is 0 Å². The van der Waals surface area contributed by atoms with Crippen molar-refractivity contribution >= 4 is 0 Å². The van der Waals surface area contributed by atoms with Crippen LogP contribution in [0.25, 0.3) is 0 Å². The van der Waals surface area contributed by atoms with E-state index in [1.54, 1.807) is 6.20 Å². The molecule has 0 radical (unpaired) electrons. The van der Waals surface area contributed by atoms with E-state index < -0.39 is 0 Å². The monoisotopic (exact) mass is 165 g/mol. The third kappa shape index (κ3) is 2.51. The first-order valence-electron chi connectivity index (χ1n) is 4.08. The van der Waals surface area contributed by atoms with Crippen LogP contribution in [0.4, 0.5) is 0 Å². The molecule has 0 saturated carbocycles. The maximum atomic E-state index is 5.45. The number of hydrogen-bond acceptors (Lipinski definition) is 2. The lowest BCUT2D eigenvalue weighted by Gasteiger charge is -1.99. The minimum absolute atomic E-state index is 0.563. The smallest absolute Gasteiger partial charge is 0.0534 e. The Morgan fingerprint density at radius 2 is 2.50 bits per heavy atom. The summed E-state index contributed by atoms with van der Waals surface area (Å²) in [4.78, 5) is 0. The maximum absolute atomic E-state index is 5.45. The Morgan fingerprint density at radius 1 is 1.75 bits per heavy atom. The van der Waals surface area contributed by atoms with Crippen molar-refractivity contribution < 1.29 is 0 Å². The van der Waals surface area contributed by atoms with E-state index in [2.05, 4.69) is 11.7 Å². The summed E-state index contributed by atoms with van der Waals surface area (Å²) in [5.74, 6) is 0. The van der Waals surface area contributed by atoms with E-state index in [0.29, 0.717) is 6.54 Å². The van der Waals surface area contributed by atoms with Gasteiger partial charge >= 0.3 is 0 Å². The molecule has 0 unspecified atom stereocenters. The van der Waals surface area contributed by atoms with Crippen LogP contribution in [0.2, 0.25) is 0 Å². The molecule has 0 aromatic carbocycles. The lowest BCUT2D eigenvalue weighted by molar-refractivity contribution is 0.612. The Morgan fingerprint density at radius 3 is 3.00 bits per heavy atom. The van der Waals surface area contributed by atoms with Gasteiger partial charge in [-0.25, -0.2) is 0 Å². The van der Waals surface area contributed by atoms with Crippen LogP contribution in [0, 0.1) is 0 Å². The van der Waals surface area contributed by atoms with Gasteiger partial charge in [-0.1, -0.05) is 5.57 Å². The minimum atomic E-state index is 0.563. The molecule has 66 valence electrons. The molecule has 3 heteroatoms. The molecule has 12 heavy (non-hydrogen) atoms. The van der Waals surface area contributed by atoms with Gasteiger partial charge in [-0.15, -0.1) is 6.58 Å². The molecule has 0 aliphatic rings. The molecular weight excluding hydrogens is 150 g/mol. The van der Waals surface area contributed by atoms with Gasteiger partial charge in [-0.05, 0) is 13.3 Å². The van der Waals surface area contributed by atoms with Crippen LogP contribution in [-0.2, 0) is 13.1 Å². The van der Waals surface area contributed by atoms with Gasteiger partial charge in [0.1, 0.15) is 0 Å². The lowest BCUT2D eigenvalue weighted by Crippen LogP contribution is -1.98. The second kappa shape index (κ2) is 4.07. The number of aryl methyl sites for hydroxylation is 1. The van der Waals surface area contributed by atoms with Crippen LogP contribution < -0.4 is 5.73 Å². The van der Waals surface area contributed by atoms with Gasteiger partial charge in [0.15, 0.2) is 0 Å². The van der Waals surface area contributed by atoms with Gasteiger partial charge in [0.2, 0.25) is 0 Å². The molecule has 0 spiro atoms. The Hall–Kier alpha value is -1.09. The molecule has 2 N–H and O–H groups in total. The van der Waals surface area contributed by atoms with E-state index in [1.807, 2.05) is 17.8 Å². The Balaban J connectivity index is 2.47. The second-order valence-corrected chi connectivity index (χ2v) is 3.02. The zero-order valence-corrected chi connectivity index (χ0v) is 7.45. The van der Waals surface area contributed by atoms with Crippen molar-refractivity contribution in [2.45, 2.75) is 26.4 Å². The van der Waals surface area contributed by atoms with Crippen molar-refractivity contribution in [1.82, 2.24) is 9.78 Å². The summed E-state index contributed by atoms with van der Waals surface area (Å²) < 4.78 is 1.90. The fourth-order valence-electron chi connectivity index (χ4n) is 0.939. The van der Waals surface area contributed by atoms with Crippen molar-refractivity contribution in [3.63, 3.8) is 0 Å². The van der Waals surface area contributed by atoms with Crippen LogP contribution in [0.5, 0.6) is 0 Å². The first-order valence-corrected chi connectivity index (χ1v) is 4.08. The summed E-state index contributed by atoms with van der Waals surface area (Å²) in [5.41, 5.74) is 7.71. The van der Waals surface area contributed by atoms with Gasteiger partial charge < -0.3 is 5.73 Å². The van der Waals surface area contributed by atoms with Crippen LogP contribution in [0.15, 0.2) is 24.5 Å². The molecule has 1 aromatic heterocycles. The first-order chi connectivity index (χ1) is 5.72. The van der Waals surface area contributed by atoms with E-state index in [1.165, 1.54) is 5.57 Å². The van der Waals surface area contributed by atoms with Crippen molar-refractivity contribution in [1.29, 1.82) is 0 Å². The zero-order chi connectivity index (χ0) is 8.97. The summed E-state index contributed by atoms with van der Waals surface area (Å²) in [6.07, 6.45) is 4.76. The van der Waals surface area contributed by atoms with Crippen LogP contribution in [0.1, 0.15) is 18.9 Å². The van der Waals surface area contributed by atoms with Gasteiger partial charge in [0.25, 0.3) is 0 Å². The summed E-state index contributed by atoms with van der Waals surface area (Å²) >= 11 is 0. The lowest BCUT2D eigenvalue weighted by atomic mass is 10.2. The minimum Gasteiger partial charge on any atom is -0.326 e. The Kier molecular flexibility index (Phi) is 3.05. The highest BCUT2D eigenvalue weighted by molar-refractivity contribution is 5.02. The highest BCUT2D eigenvalue weighted by Gasteiger charge is 1.95. The van der Waals surface area contributed by atoms with Crippen LogP contribution in [0.3, 0.4) is 0 Å². The molecule has 0 bridgehead atoms. The Bertz CT molecular complexity index is 262. The number of hydrogen-bond donors (Lipinski definition) is 1. The predicted molar refractivity (Wildman–Crippen MR) is 49.5 cm³/mol. The molecule has 0 saturated heterocycles. The van der Waals surface area contributed by atoms with Crippen molar-refractivity contribution in [3.05, 3.63) is 30.1 Å². The highest BCUT2D eigenvalue weighted by atomic mass is 15.3. The summed E-state index contributed by atoms with van der Waals surface area (Å²) in [5, 5.41) is 4.15. The van der Waals surface area contributed by atoms with Gasteiger partial charge in [0.05, 0.1) is 6.20 Å².